The van der Waals surface area contributed by atoms with Gasteiger partial charge in [0.15, 0.2) is 0 Å². The number of halogens is 2. The molecule has 43 heavy (non-hydrogen) atoms. The minimum atomic E-state index is -3.86. The molecule has 2 amide bonds. The average Bonchev–Trinajstić information content (AvgIpc) is 2.99. The van der Waals surface area contributed by atoms with Gasteiger partial charge >= 0.3 is 0 Å². The van der Waals surface area contributed by atoms with Crippen molar-refractivity contribution < 1.29 is 22.7 Å². The summed E-state index contributed by atoms with van der Waals surface area (Å²) in [5.41, 5.74) is 1.96. The Morgan fingerprint density at radius 2 is 1.60 bits per heavy atom. The highest BCUT2D eigenvalue weighted by Crippen LogP contribution is 2.26. The zero-order chi connectivity index (χ0) is 31.0. The van der Waals surface area contributed by atoms with Crippen LogP contribution in [0.4, 0.5) is 5.69 Å². The van der Waals surface area contributed by atoms with Gasteiger partial charge in [0, 0.05) is 12.6 Å². The zero-order valence-electron chi connectivity index (χ0n) is 24.3. The highest BCUT2D eigenvalue weighted by atomic mass is 35.5. The van der Waals surface area contributed by atoms with E-state index in [-0.39, 0.29) is 18.5 Å². The first-order chi connectivity index (χ1) is 20.5. The number of anilines is 1. The van der Waals surface area contributed by atoms with Crippen LogP contribution in [-0.2, 0) is 32.8 Å². The fraction of sp³-hybridized carbons (Fsp3) is 0.375. The first-order valence-corrected chi connectivity index (χ1v) is 16.9. The van der Waals surface area contributed by atoms with Crippen LogP contribution in [0.1, 0.15) is 50.2 Å². The van der Waals surface area contributed by atoms with Crippen molar-refractivity contribution in [1.82, 2.24) is 10.2 Å². The van der Waals surface area contributed by atoms with E-state index in [1.807, 2.05) is 30.3 Å². The van der Waals surface area contributed by atoms with Crippen molar-refractivity contribution in [3.05, 3.63) is 94.0 Å². The van der Waals surface area contributed by atoms with Crippen LogP contribution in [-0.4, -0.2) is 50.0 Å². The molecule has 3 aromatic carbocycles. The number of benzene rings is 3. The molecule has 0 bridgehead atoms. The van der Waals surface area contributed by atoms with Crippen LogP contribution >= 0.6 is 23.2 Å². The van der Waals surface area contributed by atoms with Crippen molar-refractivity contribution in [3.8, 4) is 5.75 Å². The molecular weight excluding hydrogens is 609 g/mol. The normalized spacial score (nSPS) is 14.5. The Kier molecular flexibility index (Phi) is 11.3. The van der Waals surface area contributed by atoms with Gasteiger partial charge in [-0.2, -0.15) is 0 Å². The average molecular weight is 647 g/mol. The summed E-state index contributed by atoms with van der Waals surface area (Å²) in [6, 6.07) is 20.4. The number of amides is 2. The molecule has 3 aromatic rings. The van der Waals surface area contributed by atoms with Crippen molar-refractivity contribution in [1.29, 1.82) is 0 Å². The van der Waals surface area contributed by atoms with Gasteiger partial charge in [-0.15, -0.1) is 0 Å². The Hall–Kier alpha value is -3.27. The highest BCUT2D eigenvalue weighted by molar-refractivity contribution is 7.92. The summed E-state index contributed by atoms with van der Waals surface area (Å²) in [7, 11) is -3.86. The third-order valence-corrected chi connectivity index (χ3v) is 9.39. The van der Waals surface area contributed by atoms with Gasteiger partial charge in [0.05, 0.1) is 22.0 Å². The molecule has 11 heteroatoms. The Labute approximate surface area is 264 Å². The zero-order valence-corrected chi connectivity index (χ0v) is 26.7. The molecule has 8 nitrogen and oxygen atoms in total. The number of carbonyl (C=O) groups excluding carboxylic acids is 2. The van der Waals surface area contributed by atoms with E-state index in [0.29, 0.717) is 33.7 Å². The monoisotopic (exact) mass is 645 g/mol. The molecule has 1 aliphatic carbocycles. The van der Waals surface area contributed by atoms with Gasteiger partial charge in [-0.3, -0.25) is 13.9 Å². The Bertz CT molecular complexity index is 1500. The number of carbonyl (C=O) groups is 2. The fourth-order valence-electron chi connectivity index (χ4n) is 5.05. The number of hydrogen-bond acceptors (Lipinski definition) is 5. The Morgan fingerprint density at radius 3 is 2.23 bits per heavy atom. The summed E-state index contributed by atoms with van der Waals surface area (Å²) in [6.07, 6.45) is 6.07. The molecule has 0 aromatic heterocycles. The van der Waals surface area contributed by atoms with Crippen molar-refractivity contribution >= 4 is 50.7 Å². The number of ether oxygens (including phenoxy) is 1. The van der Waals surface area contributed by atoms with E-state index in [4.69, 9.17) is 27.9 Å². The summed E-state index contributed by atoms with van der Waals surface area (Å²) in [5.74, 6) is -0.264. The van der Waals surface area contributed by atoms with E-state index < -0.39 is 28.5 Å². The molecule has 1 N–H and O–H groups in total. The lowest BCUT2D eigenvalue weighted by Crippen LogP contribution is -2.52. The number of sulfonamides is 1. The maximum atomic E-state index is 13.9. The number of hydrogen-bond donors (Lipinski definition) is 1. The van der Waals surface area contributed by atoms with Crippen LogP contribution in [0.2, 0.25) is 10.0 Å². The number of rotatable bonds is 12. The lowest BCUT2D eigenvalue weighted by molar-refractivity contribution is -0.139. The molecule has 0 heterocycles. The van der Waals surface area contributed by atoms with E-state index in [2.05, 4.69) is 5.32 Å². The van der Waals surface area contributed by atoms with Crippen LogP contribution in [0.15, 0.2) is 72.8 Å². The fourth-order valence-corrected chi connectivity index (χ4v) is 6.22. The van der Waals surface area contributed by atoms with Gasteiger partial charge in [-0.1, -0.05) is 78.9 Å². The summed E-state index contributed by atoms with van der Waals surface area (Å²) in [5, 5.41) is 3.76. The van der Waals surface area contributed by atoms with E-state index in [0.717, 1.165) is 48.2 Å². The van der Waals surface area contributed by atoms with Crippen molar-refractivity contribution in [2.24, 2.45) is 0 Å². The SMILES string of the molecule is CC(C(=O)NC1CCCCC1)N(Cc1ccc(Cl)c(Cl)c1)C(=O)CN(c1ccc(OCc2ccccc2)cc1)S(C)(=O)=O. The van der Waals surface area contributed by atoms with Gasteiger partial charge in [0.25, 0.3) is 0 Å². The number of nitrogens with one attached hydrogen (secondary N) is 1. The second-order valence-electron chi connectivity index (χ2n) is 10.8. The Balaban J connectivity index is 1.53. The molecule has 1 fully saturated rings. The molecule has 4 rings (SSSR count). The standard InChI is InChI=1S/C32H37Cl2N3O5S/c1-23(32(39)35-26-11-7-4-8-12-26)36(20-25-13-18-29(33)30(34)19-25)31(38)21-37(43(2,40)41)27-14-16-28(17-15-27)42-22-24-9-5-3-6-10-24/h3,5-6,9-10,13-19,23,26H,4,7-8,11-12,20-22H2,1-2H3,(H,35,39). The molecule has 0 saturated heterocycles. The topological polar surface area (TPSA) is 96.0 Å². The second kappa shape index (κ2) is 14.9. The lowest BCUT2D eigenvalue weighted by atomic mass is 9.95. The molecule has 0 aliphatic heterocycles. The van der Waals surface area contributed by atoms with E-state index in [9.17, 15) is 18.0 Å². The first kappa shape index (κ1) is 32.6. The predicted molar refractivity (Wildman–Crippen MR) is 171 cm³/mol. The third-order valence-electron chi connectivity index (χ3n) is 7.51. The van der Waals surface area contributed by atoms with Crippen molar-refractivity contribution in [3.63, 3.8) is 0 Å². The molecule has 1 unspecified atom stereocenters. The molecule has 0 spiro atoms. The first-order valence-electron chi connectivity index (χ1n) is 14.3. The predicted octanol–water partition coefficient (Wildman–Crippen LogP) is 6.20. The van der Waals surface area contributed by atoms with Crippen LogP contribution in [0.3, 0.4) is 0 Å². The summed E-state index contributed by atoms with van der Waals surface area (Å²) in [6.45, 7) is 1.56. The lowest BCUT2D eigenvalue weighted by Gasteiger charge is -2.33. The minimum absolute atomic E-state index is 0.0405. The van der Waals surface area contributed by atoms with Crippen LogP contribution in [0, 0.1) is 0 Å². The van der Waals surface area contributed by atoms with Gasteiger partial charge in [0.1, 0.15) is 24.9 Å². The third kappa shape index (κ3) is 9.36. The quantitative estimate of drug-likeness (QED) is 0.253. The minimum Gasteiger partial charge on any atom is -0.489 e. The van der Waals surface area contributed by atoms with E-state index in [1.54, 1.807) is 49.4 Å². The molecule has 1 aliphatic rings. The van der Waals surface area contributed by atoms with Gasteiger partial charge in [-0.25, -0.2) is 8.42 Å². The summed E-state index contributed by atoms with van der Waals surface area (Å²) < 4.78 is 32.7. The largest absolute Gasteiger partial charge is 0.489 e. The van der Waals surface area contributed by atoms with Gasteiger partial charge < -0.3 is 15.0 Å². The van der Waals surface area contributed by atoms with E-state index >= 15 is 0 Å². The van der Waals surface area contributed by atoms with Crippen molar-refractivity contribution in [2.45, 2.75) is 64.3 Å². The van der Waals surface area contributed by atoms with Crippen molar-refractivity contribution in [2.75, 3.05) is 17.1 Å². The van der Waals surface area contributed by atoms with Crippen LogP contribution in [0.25, 0.3) is 0 Å². The maximum absolute atomic E-state index is 13.9. The highest BCUT2D eigenvalue weighted by Gasteiger charge is 2.31. The number of nitrogens with zero attached hydrogens (tertiary/aromatic N) is 2. The second-order valence-corrected chi connectivity index (χ2v) is 13.5. The molecular formula is C32H37Cl2N3O5S. The molecule has 0 radical (unpaired) electrons. The summed E-state index contributed by atoms with van der Waals surface area (Å²) >= 11 is 12.3. The van der Waals surface area contributed by atoms with Crippen LogP contribution < -0.4 is 14.4 Å². The van der Waals surface area contributed by atoms with Gasteiger partial charge in [0.2, 0.25) is 21.8 Å². The molecule has 1 atom stereocenters. The van der Waals surface area contributed by atoms with Crippen LogP contribution in [0.5, 0.6) is 5.75 Å². The molecule has 1 saturated carbocycles. The van der Waals surface area contributed by atoms with Gasteiger partial charge in [-0.05, 0) is 67.3 Å². The maximum Gasteiger partial charge on any atom is 0.244 e. The smallest absolute Gasteiger partial charge is 0.244 e. The molecule has 230 valence electrons. The summed E-state index contributed by atoms with van der Waals surface area (Å²) in [4.78, 5) is 28.6. The van der Waals surface area contributed by atoms with E-state index in [1.165, 1.54) is 4.90 Å². The Morgan fingerprint density at radius 1 is 0.930 bits per heavy atom.